The number of ether oxygens (including phenoxy) is 2. The van der Waals surface area contributed by atoms with Gasteiger partial charge < -0.3 is 24.1 Å². The first-order valence-corrected chi connectivity index (χ1v) is 9.46. The molecule has 0 aliphatic rings. The first-order chi connectivity index (χ1) is 13.2. The number of furan rings is 1. The van der Waals surface area contributed by atoms with Crippen molar-refractivity contribution >= 4 is 29.9 Å². The zero-order chi connectivity index (χ0) is 19.3. The van der Waals surface area contributed by atoms with Crippen LogP contribution in [0, 0.1) is 0 Å². The SMILES string of the molecule is CCOCCCN=C(NCCc1ccco1)N(C)Cc1ccccc1OC.I. The number of nitrogens with zero attached hydrogens (tertiary/aromatic N) is 2. The number of methoxy groups -OCH3 is 1. The van der Waals surface area contributed by atoms with E-state index in [4.69, 9.17) is 18.9 Å². The molecule has 1 heterocycles. The van der Waals surface area contributed by atoms with Crippen molar-refractivity contribution in [2.24, 2.45) is 4.99 Å². The maximum Gasteiger partial charge on any atom is 0.193 e. The molecule has 156 valence electrons. The molecule has 0 unspecified atom stereocenters. The number of rotatable bonds is 11. The second-order valence-electron chi connectivity index (χ2n) is 6.18. The molecule has 0 atom stereocenters. The van der Waals surface area contributed by atoms with Crippen molar-refractivity contribution in [3.63, 3.8) is 0 Å². The zero-order valence-corrected chi connectivity index (χ0v) is 19.3. The van der Waals surface area contributed by atoms with Crippen LogP contribution in [-0.4, -0.2) is 51.3 Å². The Bertz CT molecular complexity index is 677. The summed E-state index contributed by atoms with van der Waals surface area (Å²) in [6, 6.07) is 11.9. The summed E-state index contributed by atoms with van der Waals surface area (Å²) in [5.41, 5.74) is 1.12. The summed E-state index contributed by atoms with van der Waals surface area (Å²) in [5.74, 6) is 2.71. The zero-order valence-electron chi connectivity index (χ0n) is 17.0. The summed E-state index contributed by atoms with van der Waals surface area (Å²) >= 11 is 0. The van der Waals surface area contributed by atoms with Gasteiger partial charge in [-0.05, 0) is 31.5 Å². The summed E-state index contributed by atoms with van der Waals surface area (Å²) in [4.78, 5) is 6.86. The number of nitrogens with one attached hydrogen (secondary N) is 1. The van der Waals surface area contributed by atoms with E-state index in [9.17, 15) is 0 Å². The minimum atomic E-state index is 0. The normalized spacial score (nSPS) is 11.0. The van der Waals surface area contributed by atoms with Gasteiger partial charge in [-0.2, -0.15) is 0 Å². The average Bonchev–Trinajstić information content (AvgIpc) is 3.20. The van der Waals surface area contributed by atoms with Crippen molar-refractivity contribution in [1.29, 1.82) is 0 Å². The number of para-hydroxylation sites is 1. The monoisotopic (exact) mass is 501 g/mol. The van der Waals surface area contributed by atoms with E-state index in [1.165, 1.54) is 0 Å². The third-order valence-corrected chi connectivity index (χ3v) is 4.11. The lowest BCUT2D eigenvalue weighted by atomic mass is 10.2. The van der Waals surface area contributed by atoms with Crippen LogP contribution in [0.15, 0.2) is 52.1 Å². The maximum atomic E-state index is 5.47. The lowest BCUT2D eigenvalue weighted by Crippen LogP contribution is -2.39. The molecular formula is C21H32IN3O3. The molecule has 0 aliphatic carbocycles. The molecule has 0 fully saturated rings. The number of halogens is 1. The number of hydrogen-bond acceptors (Lipinski definition) is 4. The molecule has 0 saturated carbocycles. The van der Waals surface area contributed by atoms with Crippen molar-refractivity contribution in [2.45, 2.75) is 26.3 Å². The first kappa shape index (κ1) is 24.3. The van der Waals surface area contributed by atoms with Crippen LogP contribution in [0.3, 0.4) is 0 Å². The molecule has 0 aliphatic heterocycles. The topological polar surface area (TPSA) is 59.2 Å². The van der Waals surface area contributed by atoms with Crippen LogP contribution in [0.25, 0.3) is 0 Å². The molecule has 1 aromatic heterocycles. The second-order valence-corrected chi connectivity index (χ2v) is 6.18. The van der Waals surface area contributed by atoms with Gasteiger partial charge in [-0.1, -0.05) is 18.2 Å². The van der Waals surface area contributed by atoms with Gasteiger partial charge >= 0.3 is 0 Å². The minimum Gasteiger partial charge on any atom is -0.496 e. The Hall–Kier alpha value is -1.74. The molecule has 0 amide bonds. The van der Waals surface area contributed by atoms with Crippen molar-refractivity contribution in [3.8, 4) is 5.75 Å². The molecule has 2 rings (SSSR count). The first-order valence-electron chi connectivity index (χ1n) is 9.46. The third kappa shape index (κ3) is 8.52. The van der Waals surface area contributed by atoms with E-state index in [-0.39, 0.29) is 24.0 Å². The minimum absolute atomic E-state index is 0. The van der Waals surface area contributed by atoms with E-state index in [0.717, 1.165) is 62.2 Å². The standard InChI is InChI=1S/C21H31N3O3.HI/c1-4-26-15-8-13-22-21(23-14-12-19-10-7-16-27-19)24(2)17-18-9-5-6-11-20(18)25-3;/h5-7,9-11,16H,4,8,12-15,17H2,1-3H3,(H,22,23);1H. The van der Waals surface area contributed by atoms with E-state index in [1.807, 2.05) is 44.3 Å². The molecule has 1 aromatic carbocycles. The Balaban J connectivity index is 0.00000392. The molecule has 2 aromatic rings. The highest BCUT2D eigenvalue weighted by Crippen LogP contribution is 2.18. The molecule has 0 saturated heterocycles. The Morgan fingerprint density at radius 3 is 2.75 bits per heavy atom. The van der Waals surface area contributed by atoms with E-state index in [0.29, 0.717) is 6.54 Å². The van der Waals surface area contributed by atoms with Crippen molar-refractivity contribution in [1.82, 2.24) is 10.2 Å². The largest absolute Gasteiger partial charge is 0.496 e. The van der Waals surface area contributed by atoms with E-state index >= 15 is 0 Å². The molecule has 0 radical (unpaired) electrons. The summed E-state index contributed by atoms with van der Waals surface area (Å²) < 4.78 is 16.3. The van der Waals surface area contributed by atoms with Crippen molar-refractivity contribution in [3.05, 3.63) is 54.0 Å². The summed E-state index contributed by atoms with van der Waals surface area (Å²) in [5, 5.41) is 3.44. The molecule has 0 bridgehead atoms. The highest BCUT2D eigenvalue weighted by Gasteiger charge is 2.10. The van der Waals surface area contributed by atoms with Crippen LogP contribution in [0.2, 0.25) is 0 Å². The number of aliphatic imine (C=N–C) groups is 1. The highest BCUT2D eigenvalue weighted by atomic mass is 127. The van der Waals surface area contributed by atoms with Crippen LogP contribution in [-0.2, 0) is 17.7 Å². The maximum absolute atomic E-state index is 5.47. The van der Waals surface area contributed by atoms with Gasteiger partial charge in [-0.15, -0.1) is 24.0 Å². The Morgan fingerprint density at radius 2 is 2.04 bits per heavy atom. The van der Waals surface area contributed by atoms with Crippen LogP contribution in [0.4, 0.5) is 0 Å². The van der Waals surface area contributed by atoms with Crippen LogP contribution >= 0.6 is 24.0 Å². The number of guanidine groups is 1. The lowest BCUT2D eigenvalue weighted by Gasteiger charge is -2.23. The molecule has 0 spiro atoms. The quantitative estimate of drug-likeness (QED) is 0.219. The average molecular weight is 501 g/mol. The van der Waals surface area contributed by atoms with Gasteiger partial charge in [0, 0.05) is 51.9 Å². The molecular weight excluding hydrogens is 469 g/mol. The molecule has 7 heteroatoms. The smallest absolute Gasteiger partial charge is 0.193 e. The molecule has 6 nitrogen and oxygen atoms in total. The number of hydrogen-bond donors (Lipinski definition) is 1. The van der Waals surface area contributed by atoms with Gasteiger partial charge in [-0.3, -0.25) is 4.99 Å². The summed E-state index contributed by atoms with van der Waals surface area (Å²) in [6.07, 6.45) is 3.42. The fourth-order valence-corrected chi connectivity index (χ4v) is 2.72. The number of benzene rings is 1. The van der Waals surface area contributed by atoms with E-state index in [1.54, 1.807) is 13.4 Å². The van der Waals surface area contributed by atoms with Gasteiger partial charge in [0.05, 0.1) is 13.4 Å². The van der Waals surface area contributed by atoms with Gasteiger partial charge in [0.25, 0.3) is 0 Å². The predicted molar refractivity (Wildman–Crippen MR) is 124 cm³/mol. The van der Waals surface area contributed by atoms with E-state index in [2.05, 4.69) is 16.3 Å². The Labute approximate surface area is 185 Å². The van der Waals surface area contributed by atoms with Crippen LogP contribution in [0.5, 0.6) is 5.75 Å². The fourth-order valence-electron chi connectivity index (χ4n) is 2.72. The molecule has 28 heavy (non-hydrogen) atoms. The van der Waals surface area contributed by atoms with Crippen molar-refractivity contribution in [2.75, 3.05) is 40.5 Å². The lowest BCUT2D eigenvalue weighted by molar-refractivity contribution is 0.146. The second kappa shape index (κ2) is 14.3. The van der Waals surface area contributed by atoms with Gasteiger partial charge in [0.2, 0.25) is 0 Å². The van der Waals surface area contributed by atoms with Gasteiger partial charge in [-0.25, -0.2) is 0 Å². The summed E-state index contributed by atoms with van der Waals surface area (Å²) in [7, 11) is 3.73. The van der Waals surface area contributed by atoms with Crippen LogP contribution < -0.4 is 10.1 Å². The fraction of sp³-hybridized carbons (Fsp3) is 0.476. The van der Waals surface area contributed by atoms with Crippen molar-refractivity contribution < 1.29 is 13.9 Å². The van der Waals surface area contributed by atoms with Crippen LogP contribution in [0.1, 0.15) is 24.7 Å². The highest BCUT2D eigenvalue weighted by molar-refractivity contribution is 14.0. The van der Waals surface area contributed by atoms with E-state index < -0.39 is 0 Å². The Kier molecular flexibility index (Phi) is 12.4. The third-order valence-electron chi connectivity index (χ3n) is 4.11. The summed E-state index contributed by atoms with van der Waals surface area (Å²) in [6.45, 7) is 5.67. The van der Waals surface area contributed by atoms with Gasteiger partial charge in [0.1, 0.15) is 11.5 Å². The van der Waals surface area contributed by atoms with Gasteiger partial charge in [0.15, 0.2) is 5.96 Å². The molecule has 1 N–H and O–H groups in total. The predicted octanol–water partition coefficient (Wildman–Crippen LogP) is 3.95. The Morgan fingerprint density at radius 1 is 1.21 bits per heavy atom.